The lowest BCUT2D eigenvalue weighted by atomic mass is 10.2. The van der Waals surface area contributed by atoms with E-state index in [2.05, 4.69) is 10.2 Å². The number of hydrogen-bond acceptors (Lipinski definition) is 4. The van der Waals surface area contributed by atoms with E-state index >= 15 is 0 Å². The highest BCUT2D eigenvalue weighted by atomic mass is 16.5. The normalized spacial score (nSPS) is 15.4. The Morgan fingerprint density at radius 3 is 2.58 bits per heavy atom. The molecule has 1 unspecified atom stereocenters. The van der Waals surface area contributed by atoms with E-state index in [1.165, 1.54) is 0 Å². The van der Waals surface area contributed by atoms with Crippen LogP contribution in [0.15, 0.2) is 48.5 Å². The second-order valence-electron chi connectivity index (χ2n) is 6.47. The standard InChI is InChI=1S/C21H26N2O3/c1-3-20(26-19-6-4-5-16(2)15-19)21(24)22-17-7-9-18(10-8-17)23-11-13-25-14-12-23/h4-10,15,20H,3,11-14H2,1-2H3,(H,22,24). The van der Waals surface area contributed by atoms with Crippen molar-refractivity contribution in [1.82, 2.24) is 0 Å². The van der Waals surface area contributed by atoms with E-state index in [1.54, 1.807) is 0 Å². The first-order valence-corrected chi connectivity index (χ1v) is 9.12. The number of amides is 1. The molecule has 1 aliphatic rings. The molecule has 0 spiro atoms. The number of aryl methyl sites for hydroxylation is 1. The maximum absolute atomic E-state index is 12.6. The van der Waals surface area contributed by atoms with Crippen molar-refractivity contribution in [1.29, 1.82) is 0 Å². The first-order chi connectivity index (χ1) is 12.7. The highest BCUT2D eigenvalue weighted by Gasteiger charge is 2.19. The Kier molecular flexibility index (Phi) is 6.12. The molecule has 0 aliphatic carbocycles. The van der Waals surface area contributed by atoms with Crippen LogP contribution in [0, 0.1) is 6.92 Å². The summed E-state index contributed by atoms with van der Waals surface area (Å²) in [6, 6.07) is 15.7. The zero-order valence-electron chi connectivity index (χ0n) is 15.4. The molecule has 0 aromatic heterocycles. The second-order valence-corrected chi connectivity index (χ2v) is 6.47. The van der Waals surface area contributed by atoms with E-state index in [1.807, 2.05) is 62.4 Å². The van der Waals surface area contributed by atoms with Crippen LogP contribution in [0.25, 0.3) is 0 Å². The smallest absolute Gasteiger partial charge is 0.265 e. The molecule has 1 atom stereocenters. The summed E-state index contributed by atoms with van der Waals surface area (Å²) in [6.07, 6.45) is 0.0850. The lowest BCUT2D eigenvalue weighted by molar-refractivity contribution is -0.122. The minimum Gasteiger partial charge on any atom is -0.481 e. The van der Waals surface area contributed by atoms with Gasteiger partial charge in [0.1, 0.15) is 5.75 Å². The van der Waals surface area contributed by atoms with Crippen molar-refractivity contribution in [2.24, 2.45) is 0 Å². The molecule has 1 heterocycles. The molecule has 0 bridgehead atoms. The number of anilines is 2. The van der Waals surface area contributed by atoms with E-state index in [0.29, 0.717) is 6.42 Å². The van der Waals surface area contributed by atoms with Crippen LogP contribution in [0.4, 0.5) is 11.4 Å². The molecule has 2 aromatic rings. The first-order valence-electron chi connectivity index (χ1n) is 9.12. The minimum atomic E-state index is -0.518. The number of carbonyl (C=O) groups is 1. The van der Waals surface area contributed by atoms with Gasteiger partial charge in [-0.15, -0.1) is 0 Å². The molecule has 1 amide bonds. The highest BCUT2D eigenvalue weighted by Crippen LogP contribution is 2.20. The Morgan fingerprint density at radius 2 is 1.92 bits per heavy atom. The fourth-order valence-corrected chi connectivity index (χ4v) is 2.98. The van der Waals surface area contributed by atoms with Gasteiger partial charge in [0.15, 0.2) is 6.10 Å². The van der Waals surface area contributed by atoms with Crippen molar-refractivity contribution in [2.45, 2.75) is 26.4 Å². The lowest BCUT2D eigenvalue weighted by Crippen LogP contribution is -2.36. The van der Waals surface area contributed by atoms with Crippen LogP contribution >= 0.6 is 0 Å². The van der Waals surface area contributed by atoms with Gasteiger partial charge in [-0.05, 0) is 55.3 Å². The van der Waals surface area contributed by atoms with Gasteiger partial charge in [-0.1, -0.05) is 19.1 Å². The third-order valence-corrected chi connectivity index (χ3v) is 4.44. The Bertz CT molecular complexity index is 724. The summed E-state index contributed by atoms with van der Waals surface area (Å²) in [5, 5.41) is 2.95. The summed E-state index contributed by atoms with van der Waals surface area (Å²) in [5.74, 6) is 0.586. The van der Waals surface area contributed by atoms with Crippen molar-refractivity contribution in [3.63, 3.8) is 0 Å². The number of hydrogen-bond donors (Lipinski definition) is 1. The molecule has 5 heteroatoms. The zero-order chi connectivity index (χ0) is 18.4. The number of rotatable bonds is 6. The van der Waals surface area contributed by atoms with Gasteiger partial charge in [-0.2, -0.15) is 0 Å². The largest absolute Gasteiger partial charge is 0.481 e. The number of ether oxygens (including phenoxy) is 2. The summed E-state index contributed by atoms with van der Waals surface area (Å²) >= 11 is 0. The molecule has 1 aliphatic heterocycles. The monoisotopic (exact) mass is 354 g/mol. The highest BCUT2D eigenvalue weighted by molar-refractivity contribution is 5.94. The number of benzene rings is 2. The summed E-state index contributed by atoms with van der Waals surface area (Å²) in [5.41, 5.74) is 3.03. The second kappa shape index (κ2) is 8.72. The van der Waals surface area contributed by atoms with Gasteiger partial charge < -0.3 is 19.7 Å². The van der Waals surface area contributed by atoms with Crippen LogP contribution in [-0.4, -0.2) is 38.3 Å². The maximum Gasteiger partial charge on any atom is 0.265 e. The van der Waals surface area contributed by atoms with E-state index in [4.69, 9.17) is 9.47 Å². The maximum atomic E-state index is 12.6. The number of carbonyl (C=O) groups excluding carboxylic acids is 1. The fourth-order valence-electron chi connectivity index (χ4n) is 2.98. The molecule has 0 saturated carbocycles. The van der Waals surface area contributed by atoms with Crippen molar-refractivity contribution in [2.75, 3.05) is 36.5 Å². The van der Waals surface area contributed by atoms with E-state index in [-0.39, 0.29) is 5.91 Å². The third-order valence-electron chi connectivity index (χ3n) is 4.44. The molecule has 3 rings (SSSR count). The molecule has 5 nitrogen and oxygen atoms in total. The SMILES string of the molecule is CCC(Oc1cccc(C)c1)C(=O)Nc1ccc(N2CCOCC2)cc1. The molecule has 26 heavy (non-hydrogen) atoms. The molecule has 0 radical (unpaired) electrons. The van der Waals surface area contributed by atoms with E-state index in [9.17, 15) is 4.79 Å². The Morgan fingerprint density at radius 1 is 1.19 bits per heavy atom. The van der Waals surface area contributed by atoms with E-state index < -0.39 is 6.10 Å². The van der Waals surface area contributed by atoms with Gasteiger partial charge in [0.2, 0.25) is 0 Å². The van der Waals surface area contributed by atoms with Crippen LogP contribution in [0.5, 0.6) is 5.75 Å². The minimum absolute atomic E-state index is 0.131. The summed E-state index contributed by atoms with van der Waals surface area (Å²) in [7, 11) is 0. The molecular weight excluding hydrogens is 328 g/mol. The zero-order valence-corrected chi connectivity index (χ0v) is 15.4. The summed E-state index contributed by atoms with van der Waals surface area (Å²) in [4.78, 5) is 14.8. The molecule has 1 N–H and O–H groups in total. The van der Waals surface area contributed by atoms with Crippen LogP contribution in [0.2, 0.25) is 0 Å². The van der Waals surface area contributed by atoms with Crippen LogP contribution in [-0.2, 0) is 9.53 Å². The fraction of sp³-hybridized carbons (Fsp3) is 0.381. The third kappa shape index (κ3) is 4.76. The Hall–Kier alpha value is -2.53. The molecular formula is C21H26N2O3. The predicted octanol–water partition coefficient (Wildman–Crippen LogP) is 3.63. The molecule has 2 aromatic carbocycles. The van der Waals surface area contributed by atoms with Crippen molar-refractivity contribution in [3.05, 3.63) is 54.1 Å². The summed E-state index contributed by atoms with van der Waals surface area (Å²) in [6.45, 7) is 7.26. The van der Waals surface area contributed by atoms with Crippen LogP contribution in [0.3, 0.4) is 0 Å². The molecule has 138 valence electrons. The average Bonchev–Trinajstić information content (AvgIpc) is 2.67. The van der Waals surface area contributed by atoms with Crippen molar-refractivity contribution in [3.8, 4) is 5.75 Å². The lowest BCUT2D eigenvalue weighted by Gasteiger charge is -2.29. The Labute approximate surface area is 154 Å². The summed E-state index contributed by atoms with van der Waals surface area (Å²) < 4.78 is 11.2. The Balaban J connectivity index is 1.60. The van der Waals surface area contributed by atoms with Crippen LogP contribution < -0.4 is 15.0 Å². The van der Waals surface area contributed by atoms with Gasteiger partial charge in [-0.3, -0.25) is 4.79 Å². The molecule has 1 fully saturated rings. The average molecular weight is 354 g/mol. The van der Waals surface area contributed by atoms with Crippen molar-refractivity contribution < 1.29 is 14.3 Å². The number of nitrogens with one attached hydrogen (secondary N) is 1. The van der Waals surface area contributed by atoms with Crippen molar-refractivity contribution >= 4 is 17.3 Å². The first kappa shape index (κ1) is 18.3. The van der Waals surface area contributed by atoms with Gasteiger partial charge in [-0.25, -0.2) is 0 Å². The van der Waals surface area contributed by atoms with Gasteiger partial charge in [0, 0.05) is 24.5 Å². The van der Waals surface area contributed by atoms with Gasteiger partial charge in [0.25, 0.3) is 5.91 Å². The van der Waals surface area contributed by atoms with E-state index in [0.717, 1.165) is 49.0 Å². The predicted molar refractivity (Wildman–Crippen MR) is 104 cm³/mol. The number of morpholine rings is 1. The molecule has 1 saturated heterocycles. The quantitative estimate of drug-likeness (QED) is 0.861. The topological polar surface area (TPSA) is 50.8 Å². The van der Waals surface area contributed by atoms with Gasteiger partial charge >= 0.3 is 0 Å². The van der Waals surface area contributed by atoms with Gasteiger partial charge in [0.05, 0.1) is 13.2 Å². The van der Waals surface area contributed by atoms with Crippen LogP contribution in [0.1, 0.15) is 18.9 Å². The number of nitrogens with zero attached hydrogens (tertiary/aromatic N) is 1.